The van der Waals surface area contributed by atoms with E-state index in [9.17, 15) is 9.32 Å². The Morgan fingerprint density at radius 1 is 1.09 bits per heavy atom. The highest BCUT2D eigenvalue weighted by atomic mass is 35.5. The molecule has 0 bridgehead atoms. The van der Waals surface area contributed by atoms with Crippen LogP contribution < -0.4 is 15.1 Å². The summed E-state index contributed by atoms with van der Waals surface area (Å²) in [5.41, 5.74) is 1.90. The lowest BCUT2D eigenvalue weighted by molar-refractivity contribution is 0.143. The number of aromatic nitrogens is 2. The van der Waals surface area contributed by atoms with E-state index in [0.717, 1.165) is 73.4 Å². The summed E-state index contributed by atoms with van der Waals surface area (Å²) in [4.78, 5) is 15.5. The minimum atomic E-state index is -1.04. The molecule has 5 aliphatic rings. The van der Waals surface area contributed by atoms with Crippen LogP contribution in [0.15, 0.2) is 29.2 Å². The Morgan fingerprint density at radius 3 is 2.42 bits per heavy atom. The zero-order chi connectivity index (χ0) is 22.3. The van der Waals surface area contributed by atoms with Crippen molar-refractivity contribution < 1.29 is 9.32 Å². The summed E-state index contributed by atoms with van der Waals surface area (Å²) in [6.07, 6.45) is 3.92. The maximum absolute atomic E-state index is 13.0. The highest BCUT2D eigenvalue weighted by molar-refractivity contribution is 7.86. The van der Waals surface area contributed by atoms with Crippen LogP contribution in [0.4, 0.5) is 17.5 Å². The number of hydrogen-bond acceptors (Lipinski definition) is 7. The van der Waals surface area contributed by atoms with E-state index in [4.69, 9.17) is 21.6 Å². The minimum Gasteiger partial charge on any atom is -0.394 e. The molecule has 4 heterocycles. The third-order valence-electron chi connectivity index (χ3n) is 8.40. The van der Waals surface area contributed by atoms with E-state index in [1.54, 1.807) is 0 Å². The standard InChI is InChI=1S/C24H28ClN5O2S/c25-16-2-4-17(5-3-16)29-9-14-11-30(12-15(14)10-29)23-26-20-18-8-19(18)33(32)21(20)22(27-23)28-24(13-31)6-1-7-24/h2-5,14-15,18-19,31H,1,6-13H2,(H,26,27,28). The van der Waals surface area contributed by atoms with Gasteiger partial charge in [0.05, 0.1) is 28.6 Å². The SMILES string of the molecule is O=S1c2c(NC3(CO)CCC3)nc(N3CC4CN(c5ccc(Cl)cc5)CC4C3)nc2C2CC21. The first kappa shape index (κ1) is 20.5. The van der Waals surface area contributed by atoms with Crippen molar-refractivity contribution in [1.82, 2.24) is 9.97 Å². The maximum Gasteiger partial charge on any atom is 0.227 e. The number of rotatable bonds is 5. The van der Waals surface area contributed by atoms with Crippen LogP contribution in [0, 0.1) is 11.8 Å². The molecule has 174 valence electrons. The summed E-state index contributed by atoms with van der Waals surface area (Å²) >= 11 is 6.06. The first-order valence-corrected chi connectivity index (χ1v) is 13.6. The van der Waals surface area contributed by atoms with Gasteiger partial charge in [-0.2, -0.15) is 4.98 Å². The maximum atomic E-state index is 13.0. The summed E-state index contributed by atoms with van der Waals surface area (Å²) in [6.45, 7) is 4.02. The van der Waals surface area contributed by atoms with Crippen molar-refractivity contribution in [3.05, 3.63) is 35.0 Å². The Kier molecular flexibility index (Phi) is 4.53. The number of benzene rings is 1. The summed E-state index contributed by atoms with van der Waals surface area (Å²) in [5, 5.41) is 14.5. The number of nitrogens with zero attached hydrogens (tertiary/aromatic N) is 4. The van der Waals surface area contributed by atoms with Gasteiger partial charge < -0.3 is 20.2 Å². The number of aliphatic hydroxyl groups is 1. The number of hydrogen-bond donors (Lipinski definition) is 2. The molecule has 2 aromatic rings. The average molecular weight is 486 g/mol. The fourth-order valence-electron chi connectivity index (χ4n) is 6.18. The quantitative estimate of drug-likeness (QED) is 0.673. The van der Waals surface area contributed by atoms with E-state index in [-0.39, 0.29) is 17.4 Å². The second kappa shape index (κ2) is 7.30. The molecule has 1 aromatic carbocycles. The van der Waals surface area contributed by atoms with Gasteiger partial charge >= 0.3 is 0 Å². The Balaban J connectivity index is 1.14. The molecule has 33 heavy (non-hydrogen) atoms. The van der Waals surface area contributed by atoms with Gasteiger partial charge in [0.2, 0.25) is 5.95 Å². The molecule has 2 saturated heterocycles. The zero-order valence-corrected chi connectivity index (χ0v) is 20.0. The van der Waals surface area contributed by atoms with Crippen LogP contribution in [0.5, 0.6) is 0 Å². The topological polar surface area (TPSA) is 81.6 Å². The van der Waals surface area contributed by atoms with E-state index < -0.39 is 10.8 Å². The van der Waals surface area contributed by atoms with Crippen molar-refractivity contribution in [2.24, 2.45) is 11.8 Å². The molecule has 7 rings (SSSR count). The Labute approximate surface area is 201 Å². The molecule has 1 aromatic heterocycles. The lowest BCUT2D eigenvalue weighted by Crippen LogP contribution is -2.48. The first-order valence-electron chi connectivity index (χ1n) is 12.0. The molecule has 9 heteroatoms. The van der Waals surface area contributed by atoms with Gasteiger partial charge in [-0.25, -0.2) is 4.98 Å². The molecule has 5 atom stereocenters. The second-order valence-electron chi connectivity index (χ2n) is 10.5. The number of halogens is 1. The minimum absolute atomic E-state index is 0.0784. The van der Waals surface area contributed by atoms with Crippen LogP contribution in [0.3, 0.4) is 0 Å². The molecule has 5 unspecified atom stereocenters. The molecule has 0 radical (unpaired) electrons. The second-order valence-corrected chi connectivity index (χ2v) is 12.5. The summed E-state index contributed by atoms with van der Waals surface area (Å²) < 4.78 is 13.0. The smallest absolute Gasteiger partial charge is 0.227 e. The monoisotopic (exact) mass is 485 g/mol. The molecule has 0 amide bonds. The lowest BCUT2D eigenvalue weighted by Gasteiger charge is -2.41. The van der Waals surface area contributed by atoms with Gasteiger partial charge in [0.25, 0.3) is 0 Å². The summed E-state index contributed by atoms with van der Waals surface area (Å²) in [6, 6.07) is 8.12. The van der Waals surface area contributed by atoms with Crippen molar-refractivity contribution in [2.45, 2.75) is 47.3 Å². The van der Waals surface area contributed by atoms with Crippen molar-refractivity contribution in [1.29, 1.82) is 0 Å². The average Bonchev–Trinajstić information content (AvgIpc) is 3.22. The number of nitrogens with one attached hydrogen (secondary N) is 1. The molecule has 2 aliphatic carbocycles. The Bertz CT molecular complexity index is 1120. The van der Waals surface area contributed by atoms with Crippen LogP contribution in [-0.4, -0.2) is 62.9 Å². The fourth-order valence-corrected chi connectivity index (χ4v) is 8.10. The van der Waals surface area contributed by atoms with E-state index >= 15 is 0 Å². The number of anilines is 3. The molecule has 3 aliphatic heterocycles. The van der Waals surface area contributed by atoms with Crippen LogP contribution in [0.25, 0.3) is 0 Å². The van der Waals surface area contributed by atoms with Gasteiger partial charge in [-0.3, -0.25) is 4.21 Å². The molecular formula is C24H28ClN5O2S. The van der Waals surface area contributed by atoms with Crippen LogP contribution >= 0.6 is 11.6 Å². The summed E-state index contributed by atoms with van der Waals surface area (Å²) in [5.74, 6) is 2.94. The molecule has 2 saturated carbocycles. The van der Waals surface area contributed by atoms with Gasteiger partial charge in [0.1, 0.15) is 10.7 Å². The zero-order valence-electron chi connectivity index (χ0n) is 18.4. The van der Waals surface area contributed by atoms with Gasteiger partial charge in [-0.1, -0.05) is 11.6 Å². The van der Waals surface area contributed by atoms with Crippen LogP contribution in [0.1, 0.15) is 37.3 Å². The number of aliphatic hydroxyl groups excluding tert-OH is 1. The van der Waals surface area contributed by atoms with E-state index in [1.165, 1.54) is 5.69 Å². The van der Waals surface area contributed by atoms with Crippen molar-refractivity contribution >= 4 is 39.9 Å². The predicted octanol–water partition coefficient (Wildman–Crippen LogP) is 3.01. The lowest BCUT2D eigenvalue weighted by atomic mass is 9.77. The molecular weight excluding hydrogens is 458 g/mol. The molecule has 0 spiro atoms. The van der Waals surface area contributed by atoms with Crippen LogP contribution in [-0.2, 0) is 10.8 Å². The van der Waals surface area contributed by atoms with Crippen molar-refractivity contribution in [3.8, 4) is 0 Å². The third kappa shape index (κ3) is 3.21. The van der Waals surface area contributed by atoms with Crippen molar-refractivity contribution in [3.63, 3.8) is 0 Å². The Hall–Kier alpha value is -1.90. The van der Waals surface area contributed by atoms with E-state index in [2.05, 4.69) is 27.2 Å². The molecule has 4 fully saturated rings. The largest absolute Gasteiger partial charge is 0.394 e. The first-order chi connectivity index (χ1) is 16.0. The van der Waals surface area contributed by atoms with Gasteiger partial charge in [-0.05, 0) is 49.9 Å². The van der Waals surface area contributed by atoms with E-state index in [0.29, 0.717) is 23.6 Å². The van der Waals surface area contributed by atoms with Gasteiger partial charge in [-0.15, -0.1) is 0 Å². The Morgan fingerprint density at radius 2 is 1.79 bits per heavy atom. The normalized spacial score (nSPS) is 32.8. The fraction of sp³-hybridized carbons (Fsp3) is 0.583. The highest BCUT2D eigenvalue weighted by Gasteiger charge is 2.55. The third-order valence-corrected chi connectivity index (χ3v) is 10.5. The highest BCUT2D eigenvalue weighted by Crippen LogP contribution is 2.56. The molecule has 2 N–H and O–H groups in total. The van der Waals surface area contributed by atoms with Crippen LogP contribution in [0.2, 0.25) is 5.02 Å². The predicted molar refractivity (Wildman–Crippen MR) is 130 cm³/mol. The number of fused-ring (bicyclic) bond motifs is 4. The summed E-state index contributed by atoms with van der Waals surface area (Å²) in [7, 11) is -1.04. The van der Waals surface area contributed by atoms with Gasteiger partial charge in [0, 0.05) is 59.9 Å². The van der Waals surface area contributed by atoms with E-state index in [1.807, 2.05) is 12.1 Å². The van der Waals surface area contributed by atoms with Gasteiger partial charge in [0.15, 0.2) is 0 Å². The molecule has 7 nitrogen and oxygen atoms in total. The van der Waals surface area contributed by atoms with Crippen molar-refractivity contribution in [2.75, 3.05) is 47.9 Å².